The maximum absolute atomic E-state index is 11.9. The molecule has 1 N–H and O–H groups in total. The quantitative estimate of drug-likeness (QED) is 0.917. The first-order chi connectivity index (χ1) is 8.19. The Kier molecular flexibility index (Phi) is 4.42. The Hall–Kier alpha value is -0.580. The second kappa shape index (κ2) is 5.85. The van der Waals surface area contributed by atoms with Crippen LogP contribution in [0.3, 0.4) is 0 Å². The molecule has 0 aromatic carbocycles. The van der Waals surface area contributed by atoms with Crippen molar-refractivity contribution in [2.75, 3.05) is 19.6 Å². The maximum atomic E-state index is 11.9. The van der Waals surface area contributed by atoms with E-state index in [2.05, 4.69) is 17.1 Å². The van der Waals surface area contributed by atoms with Gasteiger partial charge in [0.15, 0.2) is 0 Å². The third-order valence-corrected chi connectivity index (χ3v) is 4.40. The minimum absolute atomic E-state index is 0.0110. The summed E-state index contributed by atoms with van der Waals surface area (Å²) in [6.45, 7) is 5.42. The van der Waals surface area contributed by atoms with Crippen LogP contribution in [0.5, 0.6) is 0 Å². The molecule has 2 heterocycles. The van der Waals surface area contributed by atoms with Gasteiger partial charge in [0.25, 0.3) is 5.91 Å². The lowest BCUT2D eigenvalue weighted by Gasteiger charge is -2.31. The molecule has 1 amide bonds. The zero-order valence-corrected chi connectivity index (χ0v) is 11.5. The molecular weight excluding hydrogens is 256 g/mol. The van der Waals surface area contributed by atoms with Gasteiger partial charge in [0.1, 0.15) is 0 Å². The molecule has 17 heavy (non-hydrogen) atoms. The summed E-state index contributed by atoms with van der Waals surface area (Å²) in [6.07, 6.45) is 2.08. The van der Waals surface area contributed by atoms with Crippen molar-refractivity contribution in [3.8, 4) is 0 Å². The largest absolute Gasteiger partial charge is 0.349 e. The fraction of sp³-hybridized carbons (Fsp3) is 0.583. The fourth-order valence-electron chi connectivity index (χ4n) is 2.09. The number of hydrogen-bond acceptors (Lipinski definition) is 3. The van der Waals surface area contributed by atoms with Crippen LogP contribution in [0.25, 0.3) is 0 Å². The summed E-state index contributed by atoms with van der Waals surface area (Å²) < 4.78 is 0.663. The Labute approximate surface area is 111 Å². The molecule has 1 aromatic rings. The standard InChI is InChI=1S/C12H17ClN2OS/c1-2-15-7-5-9(6-8-15)14-12(16)10-3-4-11(13)17-10/h3-4,9H,2,5-8H2,1H3,(H,14,16). The Balaban J connectivity index is 1.84. The highest BCUT2D eigenvalue weighted by atomic mass is 35.5. The van der Waals surface area contributed by atoms with Gasteiger partial charge in [0, 0.05) is 19.1 Å². The first-order valence-corrected chi connectivity index (χ1v) is 7.17. The van der Waals surface area contributed by atoms with E-state index in [-0.39, 0.29) is 5.91 Å². The van der Waals surface area contributed by atoms with Gasteiger partial charge in [-0.05, 0) is 31.5 Å². The maximum Gasteiger partial charge on any atom is 0.261 e. The zero-order valence-electron chi connectivity index (χ0n) is 9.91. The van der Waals surface area contributed by atoms with Crippen molar-refractivity contribution in [3.05, 3.63) is 21.3 Å². The van der Waals surface area contributed by atoms with Crippen LogP contribution in [0.4, 0.5) is 0 Å². The minimum atomic E-state index is 0.0110. The molecule has 1 fully saturated rings. The van der Waals surface area contributed by atoms with Gasteiger partial charge in [-0.2, -0.15) is 0 Å². The summed E-state index contributed by atoms with van der Waals surface area (Å²) in [7, 11) is 0. The molecule has 1 aliphatic rings. The van der Waals surface area contributed by atoms with Gasteiger partial charge in [0.2, 0.25) is 0 Å². The van der Waals surface area contributed by atoms with E-state index in [4.69, 9.17) is 11.6 Å². The van der Waals surface area contributed by atoms with Crippen molar-refractivity contribution in [2.24, 2.45) is 0 Å². The lowest BCUT2D eigenvalue weighted by molar-refractivity contribution is 0.0917. The van der Waals surface area contributed by atoms with Crippen molar-refractivity contribution < 1.29 is 4.79 Å². The van der Waals surface area contributed by atoms with E-state index >= 15 is 0 Å². The van der Waals surface area contributed by atoms with Crippen LogP contribution in [-0.2, 0) is 0 Å². The number of nitrogens with zero attached hydrogens (tertiary/aromatic N) is 1. The van der Waals surface area contributed by atoms with Gasteiger partial charge >= 0.3 is 0 Å². The number of piperidine rings is 1. The van der Waals surface area contributed by atoms with E-state index in [1.165, 1.54) is 11.3 Å². The van der Waals surface area contributed by atoms with Crippen molar-refractivity contribution in [1.29, 1.82) is 0 Å². The van der Waals surface area contributed by atoms with Gasteiger partial charge in [-0.3, -0.25) is 4.79 Å². The average Bonchev–Trinajstić information content (AvgIpc) is 2.77. The molecule has 0 bridgehead atoms. The molecular formula is C12H17ClN2OS. The van der Waals surface area contributed by atoms with Gasteiger partial charge in [0.05, 0.1) is 9.21 Å². The summed E-state index contributed by atoms with van der Waals surface area (Å²) in [4.78, 5) is 15.0. The topological polar surface area (TPSA) is 32.3 Å². The third-order valence-electron chi connectivity index (χ3n) is 3.17. The van der Waals surface area contributed by atoms with Gasteiger partial charge < -0.3 is 10.2 Å². The summed E-state index contributed by atoms with van der Waals surface area (Å²) in [6, 6.07) is 3.86. The molecule has 0 aliphatic carbocycles. The number of halogens is 1. The molecule has 0 spiro atoms. The lowest BCUT2D eigenvalue weighted by atomic mass is 10.1. The van der Waals surface area contributed by atoms with Gasteiger partial charge in [-0.1, -0.05) is 18.5 Å². The third kappa shape index (κ3) is 3.44. The smallest absolute Gasteiger partial charge is 0.261 e. The van der Waals surface area contributed by atoms with E-state index in [1.807, 2.05) is 0 Å². The molecule has 0 saturated carbocycles. The number of hydrogen-bond donors (Lipinski definition) is 1. The van der Waals surface area contributed by atoms with Gasteiger partial charge in [-0.15, -0.1) is 11.3 Å². The first-order valence-electron chi connectivity index (χ1n) is 5.97. The Morgan fingerprint density at radius 3 is 2.76 bits per heavy atom. The van der Waals surface area contributed by atoms with Gasteiger partial charge in [-0.25, -0.2) is 0 Å². The summed E-state index contributed by atoms with van der Waals surface area (Å²) >= 11 is 7.15. The van der Waals surface area contributed by atoms with E-state index in [1.54, 1.807) is 12.1 Å². The number of nitrogens with one attached hydrogen (secondary N) is 1. The summed E-state index contributed by atoms with van der Waals surface area (Å²) in [5.74, 6) is 0.0110. The van der Waals surface area contributed by atoms with Crippen LogP contribution in [0.2, 0.25) is 4.34 Å². The fourth-order valence-corrected chi connectivity index (χ4v) is 3.03. The number of carbonyl (C=O) groups is 1. The number of likely N-dealkylation sites (tertiary alicyclic amines) is 1. The van der Waals surface area contributed by atoms with Crippen LogP contribution >= 0.6 is 22.9 Å². The van der Waals surface area contributed by atoms with E-state index in [0.29, 0.717) is 15.3 Å². The second-order valence-electron chi connectivity index (χ2n) is 4.29. The Morgan fingerprint density at radius 2 is 2.24 bits per heavy atom. The highest BCUT2D eigenvalue weighted by molar-refractivity contribution is 7.17. The first kappa shape index (κ1) is 12.9. The molecule has 1 saturated heterocycles. The molecule has 94 valence electrons. The SMILES string of the molecule is CCN1CCC(NC(=O)c2ccc(Cl)s2)CC1. The normalized spacial score (nSPS) is 18.2. The van der Waals surface area contributed by atoms with E-state index in [0.717, 1.165) is 32.5 Å². The van der Waals surface area contributed by atoms with Crippen LogP contribution in [-0.4, -0.2) is 36.5 Å². The van der Waals surface area contributed by atoms with E-state index < -0.39 is 0 Å². The average molecular weight is 273 g/mol. The molecule has 0 unspecified atom stereocenters. The molecule has 0 atom stereocenters. The monoisotopic (exact) mass is 272 g/mol. The summed E-state index contributed by atoms with van der Waals surface area (Å²) in [5, 5.41) is 3.08. The Bertz CT molecular complexity index is 386. The molecule has 3 nitrogen and oxygen atoms in total. The summed E-state index contributed by atoms with van der Waals surface area (Å²) in [5.41, 5.74) is 0. The number of rotatable bonds is 3. The lowest BCUT2D eigenvalue weighted by Crippen LogP contribution is -2.44. The second-order valence-corrected chi connectivity index (χ2v) is 6.00. The van der Waals surface area contributed by atoms with Crippen molar-refractivity contribution in [1.82, 2.24) is 10.2 Å². The number of carbonyl (C=O) groups excluding carboxylic acids is 1. The van der Waals surface area contributed by atoms with Crippen LogP contribution < -0.4 is 5.32 Å². The van der Waals surface area contributed by atoms with Crippen LogP contribution in [0, 0.1) is 0 Å². The molecule has 1 aromatic heterocycles. The predicted octanol–water partition coefficient (Wildman–Crippen LogP) is 2.62. The molecule has 1 aliphatic heterocycles. The highest BCUT2D eigenvalue weighted by Crippen LogP contribution is 2.21. The molecule has 2 rings (SSSR count). The molecule has 5 heteroatoms. The van der Waals surface area contributed by atoms with Crippen LogP contribution in [0.1, 0.15) is 29.4 Å². The van der Waals surface area contributed by atoms with Crippen LogP contribution in [0.15, 0.2) is 12.1 Å². The Morgan fingerprint density at radius 1 is 1.53 bits per heavy atom. The predicted molar refractivity (Wildman–Crippen MR) is 71.9 cm³/mol. The van der Waals surface area contributed by atoms with Crippen molar-refractivity contribution in [3.63, 3.8) is 0 Å². The number of thiophene rings is 1. The molecule has 0 radical (unpaired) electrons. The highest BCUT2D eigenvalue weighted by Gasteiger charge is 2.20. The number of amides is 1. The minimum Gasteiger partial charge on any atom is -0.349 e. The van der Waals surface area contributed by atoms with Crippen molar-refractivity contribution in [2.45, 2.75) is 25.8 Å². The zero-order chi connectivity index (χ0) is 12.3. The van der Waals surface area contributed by atoms with Crippen molar-refractivity contribution >= 4 is 28.8 Å². The van der Waals surface area contributed by atoms with E-state index in [9.17, 15) is 4.79 Å².